The summed E-state index contributed by atoms with van der Waals surface area (Å²) in [5.74, 6) is -0.215. The third-order valence-corrected chi connectivity index (χ3v) is 3.86. The standard InChI is InChI=1S/C16H25BrFNO/c1-6-19-14(15(20-7-2)16(3,4)5)11-9-8-10-12(17)13(11)18/h8-10,14-15,19H,6-7H2,1-5H3. The van der Waals surface area contributed by atoms with Crippen LogP contribution in [0, 0.1) is 11.2 Å². The van der Waals surface area contributed by atoms with Gasteiger partial charge in [0.15, 0.2) is 0 Å². The molecule has 2 unspecified atom stereocenters. The minimum Gasteiger partial charge on any atom is -0.376 e. The maximum atomic E-state index is 14.4. The van der Waals surface area contributed by atoms with Gasteiger partial charge in [-0.25, -0.2) is 4.39 Å². The number of likely N-dealkylation sites (N-methyl/N-ethyl adjacent to an activating group) is 1. The first-order valence-corrected chi connectivity index (χ1v) is 7.91. The van der Waals surface area contributed by atoms with E-state index >= 15 is 0 Å². The topological polar surface area (TPSA) is 21.3 Å². The molecule has 0 aromatic heterocycles. The second-order valence-electron chi connectivity index (χ2n) is 5.92. The average molecular weight is 346 g/mol. The molecule has 0 aliphatic carbocycles. The van der Waals surface area contributed by atoms with Gasteiger partial charge >= 0.3 is 0 Å². The van der Waals surface area contributed by atoms with Crippen LogP contribution in [0.2, 0.25) is 0 Å². The van der Waals surface area contributed by atoms with Gasteiger partial charge in [0.2, 0.25) is 0 Å². The van der Waals surface area contributed by atoms with E-state index in [-0.39, 0.29) is 23.4 Å². The highest BCUT2D eigenvalue weighted by Gasteiger charge is 2.35. The molecular weight excluding hydrogens is 321 g/mol. The maximum Gasteiger partial charge on any atom is 0.142 e. The Bertz CT molecular complexity index is 431. The van der Waals surface area contributed by atoms with Crippen molar-refractivity contribution in [3.05, 3.63) is 34.1 Å². The van der Waals surface area contributed by atoms with Gasteiger partial charge in [0.05, 0.1) is 16.6 Å². The second kappa shape index (κ2) is 7.53. The minimum atomic E-state index is -0.215. The lowest BCUT2D eigenvalue weighted by Crippen LogP contribution is -2.42. The van der Waals surface area contributed by atoms with E-state index in [0.717, 1.165) is 6.54 Å². The molecule has 0 saturated heterocycles. The molecule has 2 nitrogen and oxygen atoms in total. The molecule has 1 N–H and O–H groups in total. The van der Waals surface area contributed by atoms with E-state index in [1.165, 1.54) is 0 Å². The summed E-state index contributed by atoms with van der Waals surface area (Å²) in [6.45, 7) is 11.7. The summed E-state index contributed by atoms with van der Waals surface area (Å²) in [4.78, 5) is 0. The Morgan fingerprint density at radius 2 is 1.95 bits per heavy atom. The summed E-state index contributed by atoms with van der Waals surface area (Å²) >= 11 is 3.26. The number of hydrogen-bond donors (Lipinski definition) is 1. The first-order valence-electron chi connectivity index (χ1n) is 7.11. The van der Waals surface area contributed by atoms with Crippen molar-refractivity contribution >= 4 is 15.9 Å². The molecule has 2 atom stereocenters. The van der Waals surface area contributed by atoms with Crippen LogP contribution in [0.5, 0.6) is 0 Å². The van der Waals surface area contributed by atoms with Gasteiger partial charge in [0.1, 0.15) is 5.82 Å². The van der Waals surface area contributed by atoms with Gasteiger partial charge in [-0.05, 0) is 40.9 Å². The Balaban J connectivity index is 3.23. The van der Waals surface area contributed by atoms with Gasteiger partial charge in [-0.3, -0.25) is 0 Å². The van der Waals surface area contributed by atoms with Crippen LogP contribution in [0.3, 0.4) is 0 Å². The lowest BCUT2D eigenvalue weighted by atomic mass is 9.81. The fourth-order valence-electron chi connectivity index (χ4n) is 2.39. The van der Waals surface area contributed by atoms with E-state index < -0.39 is 0 Å². The van der Waals surface area contributed by atoms with Crippen LogP contribution in [-0.2, 0) is 4.74 Å². The Labute approximate surface area is 130 Å². The van der Waals surface area contributed by atoms with E-state index in [0.29, 0.717) is 16.6 Å². The summed E-state index contributed by atoms with van der Waals surface area (Å²) < 4.78 is 20.8. The molecule has 0 amide bonds. The summed E-state index contributed by atoms with van der Waals surface area (Å²) in [6, 6.07) is 5.23. The lowest BCUT2D eigenvalue weighted by molar-refractivity contribution is -0.0369. The number of benzene rings is 1. The molecule has 4 heteroatoms. The normalized spacial score (nSPS) is 15.2. The number of halogens is 2. The summed E-state index contributed by atoms with van der Waals surface area (Å²) in [5.41, 5.74) is 0.562. The minimum absolute atomic E-state index is 0.0857. The van der Waals surface area contributed by atoms with Crippen molar-refractivity contribution in [1.29, 1.82) is 0 Å². The van der Waals surface area contributed by atoms with E-state index in [1.54, 1.807) is 6.07 Å². The fourth-order valence-corrected chi connectivity index (χ4v) is 2.77. The molecule has 114 valence electrons. The third kappa shape index (κ3) is 4.27. The average Bonchev–Trinajstić information content (AvgIpc) is 2.36. The van der Waals surface area contributed by atoms with Crippen LogP contribution in [0.4, 0.5) is 4.39 Å². The highest BCUT2D eigenvalue weighted by molar-refractivity contribution is 9.10. The molecule has 1 aromatic carbocycles. The predicted molar refractivity (Wildman–Crippen MR) is 85.4 cm³/mol. The van der Waals surface area contributed by atoms with Crippen molar-refractivity contribution < 1.29 is 9.13 Å². The van der Waals surface area contributed by atoms with Crippen LogP contribution in [-0.4, -0.2) is 19.3 Å². The fraction of sp³-hybridized carbons (Fsp3) is 0.625. The van der Waals surface area contributed by atoms with Gasteiger partial charge in [-0.15, -0.1) is 0 Å². The Morgan fingerprint density at radius 1 is 1.30 bits per heavy atom. The van der Waals surface area contributed by atoms with Gasteiger partial charge in [-0.2, -0.15) is 0 Å². The van der Waals surface area contributed by atoms with Crippen molar-refractivity contribution in [3.63, 3.8) is 0 Å². The largest absolute Gasteiger partial charge is 0.376 e. The van der Waals surface area contributed by atoms with Crippen LogP contribution in [0.1, 0.15) is 46.2 Å². The summed E-state index contributed by atoms with van der Waals surface area (Å²) in [6.07, 6.45) is -0.101. The first-order chi connectivity index (χ1) is 9.32. The molecule has 0 spiro atoms. The van der Waals surface area contributed by atoms with E-state index in [4.69, 9.17) is 4.74 Å². The summed E-state index contributed by atoms with van der Waals surface area (Å²) in [5, 5.41) is 3.37. The molecule has 0 radical (unpaired) electrons. The molecule has 0 saturated carbocycles. The van der Waals surface area contributed by atoms with Gasteiger partial charge in [0, 0.05) is 12.2 Å². The molecule has 20 heavy (non-hydrogen) atoms. The Morgan fingerprint density at radius 3 is 2.45 bits per heavy atom. The zero-order valence-electron chi connectivity index (χ0n) is 13.0. The van der Waals surface area contributed by atoms with Crippen LogP contribution in [0.15, 0.2) is 22.7 Å². The van der Waals surface area contributed by atoms with Crippen molar-refractivity contribution in [1.82, 2.24) is 5.32 Å². The summed E-state index contributed by atoms with van der Waals surface area (Å²) in [7, 11) is 0. The van der Waals surface area contributed by atoms with Crippen LogP contribution < -0.4 is 5.32 Å². The lowest BCUT2D eigenvalue weighted by Gasteiger charge is -2.37. The Kier molecular flexibility index (Phi) is 6.62. The van der Waals surface area contributed by atoms with Gasteiger partial charge < -0.3 is 10.1 Å². The van der Waals surface area contributed by atoms with E-state index in [1.807, 2.05) is 26.0 Å². The molecule has 0 heterocycles. The Hall–Kier alpha value is -0.450. The highest BCUT2D eigenvalue weighted by Crippen LogP contribution is 2.35. The zero-order valence-corrected chi connectivity index (χ0v) is 14.6. The molecular formula is C16H25BrFNO. The van der Waals surface area contributed by atoms with Crippen molar-refractivity contribution in [2.24, 2.45) is 5.41 Å². The molecule has 0 aliphatic rings. The predicted octanol–water partition coefficient (Wildman–Crippen LogP) is 4.69. The van der Waals surface area contributed by atoms with Crippen molar-refractivity contribution in [3.8, 4) is 0 Å². The number of hydrogen-bond acceptors (Lipinski definition) is 2. The second-order valence-corrected chi connectivity index (χ2v) is 6.77. The first kappa shape index (κ1) is 17.6. The number of nitrogens with one attached hydrogen (secondary N) is 1. The van der Waals surface area contributed by atoms with Crippen molar-refractivity contribution in [2.45, 2.75) is 46.8 Å². The van der Waals surface area contributed by atoms with Gasteiger partial charge in [-0.1, -0.05) is 39.8 Å². The number of rotatable bonds is 6. The number of ether oxygens (including phenoxy) is 1. The highest BCUT2D eigenvalue weighted by atomic mass is 79.9. The van der Waals surface area contributed by atoms with E-state index in [2.05, 4.69) is 42.0 Å². The zero-order chi connectivity index (χ0) is 15.3. The molecule has 0 aliphatic heterocycles. The third-order valence-electron chi connectivity index (χ3n) is 3.24. The van der Waals surface area contributed by atoms with Crippen LogP contribution >= 0.6 is 15.9 Å². The SMILES string of the molecule is CCNC(c1cccc(Br)c1F)C(OCC)C(C)(C)C. The molecule has 1 rings (SSSR count). The monoisotopic (exact) mass is 345 g/mol. The quantitative estimate of drug-likeness (QED) is 0.807. The molecule has 0 bridgehead atoms. The van der Waals surface area contributed by atoms with E-state index in [9.17, 15) is 4.39 Å². The van der Waals surface area contributed by atoms with Crippen molar-refractivity contribution in [2.75, 3.05) is 13.2 Å². The van der Waals surface area contributed by atoms with Crippen LogP contribution in [0.25, 0.3) is 0 Å². The molecule has 1 aromatic rings. The smallest absolute Gasteiger partial charge is 0.142 e. The molecule has 0 fully saturated rings. The maximum absolute atomic E-state index is 14.4. The van der Waals surface area contributed by atoms with Gasteiger partial charge in [0.25, 0.3) is 0 Å².